The first-order chi connectivity index (χ1) is 10.6. The fourth-order valence-corrected chi connectivity index (χ4v) is 3.03. The Balaban J connectivity index is 1.75. The number of hydrogen-bond acceptors (Lipinski definition) is 2. The van der Waals surface area contributed by atoms with Gasteiger partial charge < -0.3 is 15.1 Å². The zero-order chi connectivity index (χ0) is 15.9. The summed E-state index contributed by atoms with van der Waals surface area (Å²) in [4.78, 5) is 16.5. The van der Waals surface area contributed by atoms with Gasteiger partial charge in [-0.05, 0) is 44.7 Å². The van der Waals surface area contributed by atoms with Crippen LogP contribution in [0.25, 0.3) is 0 Å². The molecule has 0 aromatic heterocycles. The van der Waals surface area contributed by atoms with E-state index in [1.165, 1.54) is 19.4 Å². The van der Waals surface area contributed by atoms with Crippen molar-refractivity contribution in [1.29, 1.82) is 0 Å². The standard InChI is InChI=1S/C18H29N3O/c1-15(2)21-11-7-10-17(14-21)12-19-18(22)20(3)13-16-8-5-4-6-9-16/h4-6,8-9,15,17H,7,10-14H2,1-3H3,(H,19,22). The number of piperidine rings is 1. The van der Waals surface area contributed by atoms with Crippen LogP contribution < -0.4 is 5.32 Å². The largest absolute Gasteiger partial charge is 0.338 e. The first kappa shape index (κ1) is 16.8. The maximum absolute atomic E-state index is 12.2. The molecule has 1 aromatic carbocycles. The summed E-state index contributed by atoms with van der Waals surface area (Å²) in [6.07, 6.45) is 2.45. The zero-order valence-electron chi connectivity index (χ0n) is 14.1. The van der Waals surface area contributed by atoms with Crippen LogP contribution in [-0.2, 0) is 6.54 Å². The smallest absolute Gasteiger partial charge is 0.317 e. The molecule has 1 saturated heterocycles. The van der Waals surface area contributed by atoms with Crippen LogP contribution in [0, 0.1) is 5.92 Å². The molecule has 0 spiro atoms. The van der Waals surface area contributed by atoms with Gasteiger partial charge in [0.05, 0.1) is 0 Å². The number of rotatable bonds is 5. The van der Waals surface area contributed by atoms with Crippen LogP contribution in [0.1, 0.15) is 32.3 Å². The molecule has 1 unspecified atom stereocenters. The van der Waals surface area contributed by atoms with Gasteiger partial charge >= 0.3 is 6.03 Å². The van der Waals surface area contributed by atoms with Crippen LogP contribution in [0.2, 0.25) is 0 Å². The minimum atomic E-state index is 0.0190. The molecule has 1 aromatic rings. The zero-order valence-corrected chi connectivity index (χ0v) is 14.1. The van der Waals surface area contributed by atoms with Gasteiger partial charge in [-0.2, -0.15) is 0 Å². The average molecular weight is 303 g/mol. The van der Waals surface area contributed by atoms with Crippen LogP contribution in [0.15, 0.2) is 30.3 Å². The lowest BCUT2D eigenvalue weighted by molar-refractivity contribution is 0.137. The summed E-state index contributed by atoms with van der Waals surface area (Å²) < 4.78 is 0. The van der Waals surface area contributed by atoms with E-state index in [2.05, 4.69) is 24.1 Å². The molecular weight excluding hydrogens is 274 g/mol. The number of urea groups is 1. The first-order valence-corrected chi connectivity index (χ1v) is 8.33. The number of carbonyl (C=O) groups excluding carboxylic acids is 1. The molecule has 0 saturated carbocycles. The maximum atomic E-state index is 12.2. The van der Waals surface area contributed by atoms with E-state index in [4.69, 9.17) is 0 Å². The molecule has 4 nitrogen and oxygen atoms in total. The summed E-state index contributed by atoms with van der Waals surface area (Å²) in [5.41, 5.74) is 1.16. The predicted molar refractivity (Wildman–Crippen MR) is 90.7 cm³/mol. The highest BCUT2D eigenvalue weighted by atomic mass is 16.2. The average Bonchev–Trinajstić information content (AvgIpc) is 2.53. The third-order valence-electron chi connectivity index (χ3n) is 4.43. The van der Waals surface area contributed by atoms with Crippen molar-refractivity contribution < 1.29 is 4.79 Å². The Morgan fingerprint density at radius 3 is 2.77 bits per heavy atom. The van der Waals surface area contributed by atoms with E-state index in [0.717, 1.165) is 18.7 Å². The molecule has 1 fully saturated rings. The molecule has 1 heterocycles. The van der Waals surface area contributed by atoms with E-state index in [1.807, 2.05) is 37.4 Å². The molecule has 1 atom stereocenters. The molecule has 1 aliphatic rings. The van der Waals surface area contributed by atoms with Crippen molar-refractivity contribution in [3.8, 4) is 0 Å². The van der Waals surface area contributed by atoms with E-state index in [0.29, 0.717) is 18.5 Å². The van der Waals surface area contributed by atoms with Gasteiger partial charge in [-0.3, -0.25) is 0 Å². The van der Waals surface area contributed by atoms with Crippen molar-refractivity contribution in [3.05, 3.63) is 35.9 Å². The van der Waals surface area contributed by atoms with Crippen LogP contribution >= 0.6 is 0 Å². The minimum absolute atomic E-state index is 0.0190. The Hall–Kier alpha value is -1.55. The molecule has 1 N–H and O–H groups in total. The molecule has 4 heteroatoms. The number of nitrogens with zero attached hydrogens (tertiary/aromatic N) is 2. The maximum Gasteiger partial charge on any atom is 0.317 e. The van der Waals surface area contributed by atoms with Crippen molar-refractivity contribution in [2.75, 3.05) is 26.7 Å². The van der Waals surface area contributed by atoms with Crippen LogP contribution in [0.4, 0.5) is 4.79 Å². The van der Waals surface area contributed by atoms with E-state index >= 15 is 0 Å². The highest BCUT2D eigenvalue weighted by molar-refractivity contribution is 5.73. The quantitative estimate of drug-likeness (QED) is 0.908. The summed E-state index contributed by atoms with van der Waals surface area (Å²) in [5, 5.41) is 3.09. The number of hydrogen-bond donors (Lipinski definition) is 1. The summed E-state index contributed by atoms with van der Waals surface area (Å²) in [6, 6.07) is 10.7. The number of nitrogens with one attached hydrogen (secondary N) is 1. The van der Waals surface area contributed by atoms with E-state index in [1.54, 1.807) is 4.90 Å². The Morgan fingerprint density at radius 2 is 2.09 bits per heavy atom. The fraction of sp³-hybridized carbons (Fsp3) is 0.611. The number of benzene rings is 1. The Bertz CT molecular complexity index is 461. The third kappa shape index (κ3) is 5.02. The summed E-state index contributed by atoms with van der Waals surface area (Å²) in [7, 11) is 1.85. The second kappa shape index (κ2) is 8.18. The van der Waals surface area contributed by atoms with Gasteiger partial charge in [0, 0.05) is 32.7 Å². The molecule has 2 rings (SSSR count). The minimum Gasteiger partial charge on any atom is -0.338 e. The second-order valence-corrected chi connectivity index (χ2v) is 6.62. The van der Waals surface area contributed by atoms with Gasteiger partial charge in [0.25, 0.3) is 0 Å². The fourth-order valence-electron chi connectivity index (χ4n) is 3.03. The molecule has 22 heavy (non-hydrogen) atoms. The highest BCUT2D eigenvalue weighted by Gasteiger charge is 2.22. The molecule has 1 aliphatic heterocycles. The van der Waals surface area contributed by atoms with E-state index in [-0.39, 0.29) is 6.03 Å². The van der Waals surface area contributed by atoms with Crippen molar-refractivity contribution in [3.63, 3.8) is 0 Å². The topological polar surface area (TPSA) is 35.6 Å². The van der Waals surface area contributed by atoms with Gasteiger partial charge in [-0.25, -0.2) is 4.79 Å². The lowest BCUT2D eigenvalue weighted by atomic mass is 9.97. The van der Waals surface area contributed by atoms with Crippen molar-refractivity contribution in [2.24, 2.45) is 5.92 Å². The molecule has 0 bridgehead atoms. The van der Waals surface area contributed by atoms with Crippen LogP contribution in [-0.4, -0.2) is 48.6 Å². The van der Waals surface area contributed by atoms with Gasteiger partial charge in [-0.15, -0.1) is 0 Å². The normalized spacial score (nSPS) is 19.2. The summed E-state index contributed by atoms with van der Waals surface area (Å²) >= 11 is 0. The summed E-state index contributed by atoms with van der Waals surface area (Å²) in [5.74, 6) is 0.574. The number of carbonyl (C=O) groups is 1. The number of likely N-dealkylation sites (tertiary alicyclic amines) is 1. The number of amides is 2. The van der Waals surface area contributed by atoms with E-state index in [9.17, 15) is 4.79 Å². The van der Waals surface area contributed by atoms with Crippen molar-refractivity contribution in [1.82, 2.24) is 15.1 Å². The van der Waals surface area contributed by atoms with Crippen molar-refractivity contribution >= 4 is 6.03 Å². The molecular formula is C18H29N3O. The van der Waals surface area contributed by atoms with Gasteiger partial charge in [0.1, 0.15) is 0 Å². The molecule has 122 valence electrons. The third-order valence-corrected chi connectivity index (χ3v) is 4.43. The van der Waals surface area contributed by atoms with Gasteiger partial charge in [0.2, 0.25) is 0 Å². The molecule has 0 radical (unpaired) electrons. The molecule has 2 amide bonds. The summed E-state index contributed by atoms with van der Waals surface area (Å²) in [6.45, 7) is 8.20. The Morgan fingerprint density at radius 1 is 1.36 bits per heavy atom. The SMILES string of the molecule is CC(C)N1CCCC(CNC(=O)N(C)Cc2ccccc2)C1. The van der Waals surface area contributed by atoms with Gasteiger partial charge in [0.15, 0.2) is 0 Å². The van der Waals surface area contributed by atoms with Gasteiger partial charge in [-0.1, -0.05) is 30.3 Å². The second-order valence-electron chi connectivity index (χ2n) is 6.62. The van der Waals surface area contributed by atoms with E-state index < -0.39 is 0 Å². The Kier molecular flexibility index (Phi) is 6.25. The van der Waals surface area contributed by atoms with Crippen molar-refractivity contribution in [2.45, 2.75) is 39.3 Å². The van der Waals surface area contributed by atoms with Crippen LogP contribution in [0.5, 0.6) is 0 Å². The predicted octanol–water partition coefficient (Wildman–Crippen LogP) is 2.95. The lowest BCUT2D eigenvalue weighted by Crippen LogP contribution is -2.45. The highest BCUT2D eigenvalue weighted by Crippen LogP contribution is 2.17. The Labute approximate surface area is 134 Å². The molecule has 0 aliphatic carbocycles. The monoisotopic (exact) mass is 303 g/mol. The first-order valence-electron chi connectivity index (χ1n) is 8.33. The lowest BCUT2D eigenvalue weighted by Gasteiger charge is -2.35. The van der Waals surface area contributed by atoms with Crippen LogP contribution in [0.3, 0.4) is 0 Å².